The lowest BCUT2D eigenvalue weighted by atomic mass is 10.0. The number of hydrogen-bond donors (Lipinski definition) is 0. The van der Waals surface area contributed by atoms with Gasteiger partial charge in [0.1, 0.15) is 0 Å². The predicted octanol–water partition coefficient (Wildman–Crippen LogP) is 3.33. The molecule has 0 atom stereocenters. The number of fused-ring (bicyclic) bond motifs is 3. The van der Waals surface area contributed by atoms with E-state index in [1.807, 2.05) is 48.5 Å². The SMILES string of the molecule is CS(=O)(=O)Oc1cc2ccccc2c2ccccc12. The molecule has 3 aromatic rings. The number of hydrogen-bond acceptors (Lipinski definition) is 3. The zero-order chi connectivity index (χ0) is 13.5. The molecule has 0 fully saturated rings. The van der Waals surface area contributed by atoms with E-state index >= 15 is 0 Å². The van der Waals surface area contributed by atoms with E-state index in [4.69, 9.17) is 4.18 Å². The highest BCUT2D eigenvalue weighted by molar-refractivity contribution is 7.86. The first-order valence-corrected chi connectivity index (χ1v) is 7.66. The molecule has 4 heteroatoms. The molecule has 0 aliphatic rings. The number of rotatable bonds is 2. The van der Waals surface area contributed by atoms with Crippen molar-refractivity contribution in [1.29, 1.82) is 0 Å². The Kier molecular flexibility index (Phi) is 2.68. The third-order valence-corrected chi connectivity index (χ3v) is 3.45. The molecule has 96 valence electrons. The Labute approximate surface area is 111 Å². The van der Waals surface area contributed by atoms with Crippen molar-refractivity contribution in [3.05, 3.63) is 54.6 Å². The third-order valence-electron chi connectivity index (χ3n) is 2.97. The monoisotopic (exact) mass is 272 g/mol. The van der Waals surface area contributed by atoms with Crippen LogP contribution in [0.5, 0.6) is 5.75 Å². The van der Waals surface area contributed by atoms with E-state index in [2.05, 4.69) is 0 Å². The molecule has 0 spiro atoms. The molecule has 0 unspecified atom stereocenters. The van der Waals surface area contributed by atoms with Crippen molar-refractivity contribution >= 4 is 31.7 Å². The minimum absolute atomic E-state index is 0.372. The van der Waals surface area contributed by atoms with Gasteiger partial charge in [-0.05, 0) is 22.2 Å². The van der Waals surface area contributed by atoms with E-state index in [0.29, 0.717) is 5.75 Å². The highest BCUT2D eigenvalue weighted by Gasteiger charge is 2.11. The molecule has 0 amide bonds. The Morgan fingerprint density at radius 1 is 0.842 bits per heavy atom. The molecule has 0 aliphatic heterocycles. The van der Waals surface area contributed by atoms with E-state index in [-0.39, 0.29) is 0 Å². The Hall–Kier alpha value is -2.07. The standard InChI is InChI=1S/C15H12O3S/c1-19(16,17)18-15-10-11-6-2-3-7-12(11)13-8-4-5-9-14(13)15/h2-10H,1H3. The molecule has 0 bridgehead atoms. The first-order valence-electron chi connectivity index (χ1n) is 5.84. The summed E-state index contributed by atoms with van der Waals surface area (Å²) in [5.41, 5.74) is 0. The van der Waals surface area contributed by atoms with Crippen LogP contribution in [0, 0.1) is 0 Å². The summed E-state index contributed by atoms with van der Waals surface area (Å²) >= 11 is 0. The average molecular weight is 272 g/mol. The van der Waals surface area contributed by atoms with E-state index in [1.165, 1.54) is 0 Å². The van der Waals surface area contributed by atoms with Gasteiger partial charge >= 0.3 is 10.1 Å². The van der Waals surface area contributed by atoms with Crippen LogP contribution in [0.15, 0.2) is 54.6 Å². The van der Waals surface area contributed by atoms with Crippen LogP contribution >= 0.6 is 0 Å². The van der Waals surface area contributed by atoms with Crippen molar-refractivity contribution in [1.82, 2.24) is 0 Å². The van der Waals surface area contributed by atoms with Gasteiger partial charge in [-0.2, -0.15) is 8.42 Å². The van der Waals surface area contributed by atoms with Gasteiger partial charge in [0.25, 0.3) is 0 Å². The zero-order valence-electron chi connectivity index (χ0n) is 10.3. The summed E-state index contributed by atoms with van der Waals surface area (Å²) in [5.74, 6) is 0.372. The third kappa shape index (κ3) is 2.27. The molecule has 0 saturated carbocycles. The normalized spacial score (nSPS) is 11.8. The van der Waals surface area contributed by atoms with Crippen molar-refractivity contribution in [3.63, 3.8) is 0 Å². The lowest BCUT2D eigenvalue weighted by Crippen LogP contribution is -2.06. The van der Waals surface area contributed by atoms with Crippen LogP contribution in [0.25, 0.3) is 21.5 Å². The van der Waals surface area contributed by atoms with E-state index in [0.717, 1.165) is 27.8 Å². The minimum Gasteiger partial charge on any atom is -0.382 e. The van der Waals surface area contributed by atoms with Crippen molar-refractivity contribution in [2.45, 2.75) is 0 Å². The van der Waals surface area contributed by atoms with Crippen LogP contribution < -0.4 is 4.18 Å². The maximum atomic E-state index is 11.4. The average Bonchev–Trinajstić information content (AvgIpc) is 2.37. The Bertz CT molecular complexity index is 867. The summed E-state index contributed by atoms with van der Waals surface area (Å²) in [6.07, 6.45) is 1.05. The Balaban J connectivity index is 2.42. The molecular formula is C15H12O3S. The topological polar surface area (TPSA) is 43.4 Å². The summed E-state index contributed by atoms with van der Waals surface area (Å²) in [6.45, 7) is 0. The molecule has 0 radical (unpaired) electrons. The second kappa shape index (κ2) is 4.24. The van der Waals surface area contributed by atoms with Crippen molar-refractivity contribution in [2.75, 3.05) is 6.26 Å². The maximum absolute atomic E-state index is 11.4. The van der Waals surface area contributed by atoms with Gasteiger partial charge in [-0.1, -0.05) is 48.5 Å². The molecule has 3 aromatic carbocycles. The zero-order valence-corrected chi connectivity index (χ0v) is 11.1. The smallest absolute Gasteiger partial charge is 0.306 e. The lowest BCUT2D eigenvalue weighted by Gasteiger charge is -2.10. The number of benzene rings is 3. The summed E-state index contributed by atoms with van der Waals surface area (Å²) in [4.78, 5) is 0. The van der Waals surface area contributed by atoms with Gasteiger partial charge < -0.3 is 4.18 Å². The highest BCUT2D eigenvalue weighted by Crippen LogP contribution is 2.33. The van der Waals surface area contributed by atoms with Crippen molar-refractivity contribution in [3.8, 4) is 5.75 Å². The molecule has 3 rings (SSSR count). The molecule has 0 heterocycles. The molecule has 0 N–H and O–H groups in total. The van der Waals surface area contributed by atoms with Crippen LogP contribution in [-0.2, 0) is 10.1 Å². The summed E-state index contributed by atoms with van der Waals surface area (Å²) in [7, 11) is -3.54. The molecule has 3 nitrogen and oxygen atoms in total. The Morgan fingerprint density at radius 3 is 2.11 bits per heavy atom. The van der Waals surface area contributed by atoms with Gasteiger partial charge in [-0.25, -0.2) is 0 Å². The van der Waals surface area contributed by atoms with Crippen LogP contribution in [0.1, 0.15) is 0 Å². The quantitative estimate of drug-likeness (QED) is 0.531. The van der Waals surface area contributed by atoms with Gasteiger partial charge in [-0.3, -0.25) is 0 Å². The van der Waals surface area contributed by atoms with Gasteiger partial charge in [0.05, 0.1) is 6.26 Å². The molecule has 0 aliphatic carbocycles. The van der Waals surface area contributed by atoms with E-state index in [1.54, 1.807) is 6.07 Å². The molecule has 0 aromatic heterocycles. The second-order valence-corrected chi connectivity index (χ2v) is 6.00. The van der Waals surface area contributed by atoms with Gasteiger partial charge in [0, 0.05) is 5.39 Å². The fourth-order valence-corrected chi connectivity index (χ4v) is 2.72. The Morgan fingerprint density at radius 2 is 1.42 bits per heavy atom. The fraction of sp³-hybridized carbons (Fsp3) is 0.0667. The largest absolute Gasteiger partial charge is 0.382 e. The van der Waals surface area contributed by atoms with E-state index < -0.39 is 10.1 Å². The van der Waals surface area contributed by atoms with Crippen LogP contribution in [0.2, 0.25) is 0 Å². The first kappa shape index (κ1) is 12.0. The lowest BCUT2D eigenvalue weighted by molar-refractivity contribution is 0.496. The highest BCUT2D eigenvalue weighted by atomic mass is 32.2. The van der Waals surface area contributed by atoms with Crippen molar-refractivity contribution in [2.24, 2.45) is 0 Å². The van der Waals surface area contributed by atoms with Crippen molar-refractivity contribution < 1.29 is 12.6 Å². The molecular weight excluding hydrogens is 260 g/mol. The second-order valence-electron chi connectivity index (χ2n) is 4.43. The first-order chi connectivity index (χ1) is 9.04. The summed E-state index contributed by atoms with van der Waals surface area (Å²) < 4.78 is 27.8. The van der Waals surface area contributed by atoms with Crippen LogP contribution in [-0.4, -0.2) is 14.7 Å². The fourth-order valence-electron chi connectivity index (χ4n) is 2.25. The summed E-state index contributed by atoms with van der Waals surface area (Å²) in [6, 6.07) is 17.2. The summed E-state index contributed by atoms with van der Waals surface area (Å²) in [5, 5.41) is 3.82. The maximum Gasteiger partial charge on any atom is 0.306 e. The van der Waals surface area contributed by atoms with E-state index in [9.17, 15) is 8.42 Å². The predicted molar refractivity (Wildman–Crippen MR) is 76.9 cm³/mol. The molecule has 0 saturated heterocycles. The molecule has 19 heavy (non-hydrogen) atoms. The van der Waals surface area contributed by atoms with Gasteiger partial charge in [0.15, 0.2) is 5.75 Å². The van der Waals surface area contributed by atoms with Crippen LogP contribution in [0.3, 0.4) is 0 Å². The van der Waals surface area contributed by atoms with Gasteiger partial charge in [0.2, 0.25) is 0 Å². The van der Waals surface area contributed by atoms with Crippen LogP contribution in [0.4, 0.5) is 0 Å². The minimum atomic E-state index is -3.54. The van der Waals surface area contributed by atoms with Gasteiger partial charge in [-0.15, -0.1) is 0 Å².